The second-order valence-electron chi connectivity index (χ2n) is 5.89. The van der Waals surface area contributed by atoms with Crippen molar-refractivity contribution in [3.63, 3.8) is 0 Å². The van der Waals surface area contributed by atoms with E-state index in [0.717, 1.165) is 38.1 Å². The van der Waals surface area contributed by atoms with Gasteiger partial charge in [0.1, 0.15) is 5.75 Å². The number of halogens is 1. The fourth-order valence-electron chi connectivity index (χ4n) is 2.72. The van der Waals surface area contributed by atoms with Gasteiger partial charge in [-0.3, -0.25) is 4.79 Å². The van der Waals surface area contributed by atoms with Gasteiger partial charge >= 0.3 is 0 Å². The Morgan fingerprint density at radius 1 is 1.41 bits per heavy atom. The zero-order valence-corrected chi connectivity index (χ0v) is 14.3. The van der Waals surface area contributed by atoms with E-state index in [1.165, 1.54) is 5.56 Å². The summed E-state index contributed by atoms with van der Waals surface area (Å²) in [7, 11) is 0. The quantitative estimate of drug-likeness (QED) is 0.905. The number of carbonyl (C=O) groups is 1. The third-order valence-corrected chi connectivity index (χ3v) is 4.25. The lowest BCUT2D eigenvalue weighted by Gasteiger charge is -2.34. The largest absolute Gasteiger partial charge is 0.484 e. The molecule has 1 saturated heterocycles. The first kappa shape index (κ1) is 18.8. The van der Waals surface area contributed by atoms with Gasteiger partial charge in [0.2, 0.25) is 0 Å². The van der Waals surface area contributed by atoms with Crippen molar-refractivity contribution in [2.75, 3.05) is 19.7 Å². The molecule has 1 aliphatic rings. The number of nitrogens with zero attached hydrogens (tertiary/aromatic N) is 1. The van der Waals surface area contributed by atoms with Crippen LogP contribution in [0.15, 0.2) is 24.3 Å². The van der Waals surface area contributed by atoms with E-state index in [0.29, 0.717) is 5.92 Å². The molecule has 4 nitrogen and oxygen atoms in total. The number of carbonyl (C=O) groups excluding carboxylic acids is 1. The van der Waals surface area contributed by atoms with Crippen molar-refractivity contribution < 1.29 is 9.53 Å². The summed E-state index contributed by atoms with van der Waals surface area (Å²) in [5.41, 5.74) is 7.22. The average molecular weight is 327 g/mol. The van der Waals surface area contributed by atoms with Gasteiger partial charge < -0.3 is 15.4 Å². The number of piperidine rings is 1. The number of rotatable bonds is 5. The van der Waals surface area contributed by atoms with Gasteiger partial charge in [-0.1, -0.05) is 19.1 Å². The van der Waals surface area contributed by atoms with Crippen molar-refractivity contribution in [3.05, 3.63) is 29.8 Å². The fourth-order valence-corrected chi connectivity index (χ4v) is 2.72. The molecule has 2 unspecified atom stereocenters. The first-order chi connectivity index (χ1) is 10.1. The zero-order chi connectivity index (χ0) is 15.2. The molecule has 2 N–H and O–H groups in total. The zero-order valence-electron chi connectivity index (χ0n) is 13.5. The highest BCUT2D eigenvalue weighted by Gasteiger charge is 2.25. The van der Waals surface area contributed by atoms with Gasteiger partial charge in [0.15, 0.2) is 6.61 Å². The Kier molecular flexibility index (Phi) is 7.69. The Morgan fingerprint density at radius 3 is 2.68 bits per heavy atom. The number of hydrogen-bond donors (Lipinski definition) is 1. The molecular weight excluding hydrogens is 300 g/mol. The topological polar surface area (TPSA) is 55.6 Å². The summed E-state index contributed by atoms with van der Waals surface area (Å²) >= 11 is 0. The molecule has 1 aromatic rings. The molecule has 1 heterocycles. The predicted octanol–water partition coefficient (Wildman–Crippen LogP) is 2.64. The van der Waals surface area contributed by atoms with Gasteiger partial charge in [0.25, 0.3) is 5.91 Å². The van der Waals surface area contributed by atoms with Crippen LogP contribution in [0.1, 0.15) is 32.3 Å². The molecule has 0 saturated carbocycles. The number of amides is 1. The summed E-state index contributed by atoms with van der Waals surface area (Å²) in [6.07, 6.45) is 3.15. The molecule has 1 aliphatic heterocycles. The van der Waals surface area contributed by atoms with Gasteiger partial charge in [0, 0.05) is 19.1 Å². The summed E-state index contributed by atoms with van der Waals surface area (Å²) in [5, 5.41) is 0. The second kappa shape index (κ2) is 9.01. The normalized spacial score (nSPS) is 19.2. The molecule has 0 aliphatic carbocycles. The Balaban J connectivity index is 0.00000242. The van der Waals surface area contributed by atoms with Gasteiger partial charge in [-0.05, 0) is 49.8 Å². The van der Waals surface area contributed by atoms with E-state index < -0.39 is 0 Å². The lowest BCUT2D eigenvalue weighted by atomic mass is 9.92. The molecule has 5 heteroatoms. The lowest BCUT2D eigenvalue weighted by Crippen LogP contribution is -2.46. The summed E-state index contributed by atoms with van der Waals surface area (Å²) in [6, 6.07) is 8.06. The molecular formula is C17H27ClN2O2. The van der Waals surface area contributed by atoms with Crippen molar-refractivity contribution in [1.29, 1.82) is 0 Å². The number of likely N-dealkylation sites (tertiary alicyclic amines) is 1. The molecule has 0 spiro atoms. The molecule has 1 fully saturated rings. The van der Waals surface area contributed by atoms with Gasteiger partial charge in [0.05, 0.1) is 0 Å². The molecule has 2 atom stereocenters. The first-order valence-corrected chi connectivity index (χ1v) is 7.85. The van der Waals surface area contributed by atoms with Crippen LogP contribution in [0.5, 0.6) is 5.75 Å². The van der Waals surface area contributed by atoms with Crippen molar-refractivity contribution in [2.24, 2.45) is 11.7 Å². The van der Waals surface area contributed by atoms with Crippen LogP contribution in [0, 0.1) is 5.92 Å². The summed E-state index contributed by atoms with van der Waals surface area (Å²) in [5.74, 6) is 1.22. The highest BCUT2D eigenvalue weighted by atomic mass is 35.5. The predicted molar refractivity (Wildman–Crippen MR) is 91.5 cm³/mol. The van der Waals surface area contributed by atoms with Gasteiger partial charge in [-0.15, -0.1) is 12.4 Å². The summed E-state index contributed by atoms with van der Waals surface area (Å²) < 4.78 is 5.59. The molecule has 22 heavy (non-hydrogen) atoms. The highest BCUT2D eigenvalue weighted by molar-refractivity contribution is 5.85. The minimum atomic E-state index is 0. The monoisotopic (exact) mass is 326 g/mol. The van der Waals surface area contributed by atoms with E-state index in [2.05, 4.69) is 6.92 Å². The van der Waals surface area contributed by atoms with Crippen LogP contribution >= 0.6 is 12.4 Å². The molecule has 2 rings (SSSR count). The van der Waals surface area contributed by atoms with E-state index in [9.17, 15) is 4.79 Å². The van der Waals surface area contributed by atoms with Crippen molar-refractivity contribution >= 4 is 18.3 Å². The van der Waals surface area contributed by atoms with Gasteiger partial charge in [-0.2, -0.15) is 0 Å². The maximum atomic E-state index is 12.2. The molecule has 1 aromatic carbocycles. The van der Waals surface area contributed by atoms with E-state index in [1.807, 2.05) is 36.1 Å². The van der Waals surface area contributed by atoms with Crippen LogP contribution in [-0.2, 0) is 11.2 Å². The molecule has 0 bridgehead atoms. The number of nitrogens with two attached hydrogens (primary N) is 1. The number of ether oxygens (including phenoxy) is 1. The molecule has 0 aromatic heterocycles. The third-order valence-electron chi connectivity index (χ3n) is 4.25. The average Bonchev–Trinajstić information content (AvgIpc) is 2.53. The Hall–Kier alpha value is -1.26. The maximum absolute atomic E-state index is 12.2. The van der Waals surface area contributed by atoms with E-state index >= 15 is 0 Å². The van der Waals surface area contributed by atoms with Crippen LogP contribution in [0.4, 0.5) is 0 Å². The Morgan fingerprint density at radius 2 is 2.09 bits per heavy atom. The van der Waals surface area contributed by atoms with Crippen LogP contribution in [-0.4, -0.2) is 36.5 Å². The standard InChI is InChI=1S/C17H26N2O2.ClH/c1-3-14-6-8-16(9-7-14)21-12-17(20)19-10-4-5-15(11-19)13(2)18;/h6-9,13,15H,3-5,10-12,18H2,1-2H3;1H. The fraction of sp³-hybridized carbons (Fsp3) is 0.588. The van der Waals surface area contributed by atoms with Crippen LogP contribution in [0.25, 0.3) is 0 Å². The van der Waals surface area contributed by atoms with Gasteiger partial charge in [-0.25, -0.2) is 0 Å². The van der Waals surface area contributed by atoms with E-state index in [1.54, 1.807) is 0 Å². The molecule has 0 radical (unpaired) electrons. The number of benzene rings is 1. The summed E-state index contributed by atoms with van der Waals surface area (Å²) in [6.45, 7) is 5.82. The van der Waals surface area contributed by atoms with Crippen molar-refractivity contribution in [1.82, 2.24) is 4.90 Å². The lowest BCUT2D eigenvalue weighted by molar-refractivity contribution is -0.135. The Bertz CT molecular complexity index is 462. The van der Waals surface area contributed by atoms with Crippen LogP contribution in [0.3, 0.4) is 0 Å². The third kappa shape index (κ3) is 5.18. The minimum absolute atomic E-state index is 0. The molecule has 1 amide bonds. The Labute approximate surface area is 139 Å². The second-order valence-corrected chi connectivity index (χ2v) is 5.89. The van der Waals surface area contributed by atoms with E-state index in [-0.39, 0.29) is 31.0 Å². The SMILES string of the molecule is CCc1ccc(OCC(=O)N2CCCC(C(C)N)C2)cc1.Cl. The maximum Gasteiger partial charge on any atom is 0.260 e. The smallest absolute Gasteiger partial charge is 0.260 e. The summed E-state index contributed by atoms with van der Waals surface area (Å²) in [4.78, 5) is 14.1. The van der Waals surface area contributed by atoms with Crippen molar-refractivity contribution in [2.45, 2.75) is 39.2 Å². The number of aryl methyl sites for hydroxylation is 1. The van der Waals surface area contributed by atoms with E-state index in [4.69, 9.17) is 10.5 Å². The first-order valence-electron chi connectivity index (χ1n) is 7.85. The molecule has 124 valence electrons. The van der Waals surface area contributed by atoms with Crippen molar-refractivity contribution in [3.8, 4) is 5.75 Å². The van der Waals surface area contributed by atoms with Crippen LogP contribution in [0.2, 0.25) is 0 Å². The minimum Gasteiger partial charge on any atom is -0.484 e. The highest BCUT2D eigenvalue weighted by Crippen LogP contribution is 2.19. The number of hydrogen-bond acceptors (Lipinski definition) is 3. The van der Waals surface area contributed by atoms with Crippen LogP contribution < -0.4 is 10.5 Å².